The quantitative estimate of drug-likeness (QED) is 0.797. The van der Waals surface area contributed by atoms with Gasteiger partial charge in [0.25, 0.3) is 5.91 Å². The van der Waals surface area contributed by atoms with Crippen LogP contribution in [-0.4, -0.2) is 15.9 Å². The molecular weight excluding hydrogens is 262 g/mol. The average molecular weight is 275 g/mol. The van der Waals surface area contributed by atoms with Crippen LogP contribution in [0.2, 0.25) is 0 Å². The minimum Gasteiger partial charge on any atom is -0.322 e. The molecule has 0 unspecified atom stereocenters. The summed E-state index contributed by atoms with van der Waals surface area (Å²) >= 11 is 0. The van der Waals surface area contributed by atoms with Gasteiger partial charge in [-0.05, 0) is 24.3 Å². The summed E-state index contributed by atoms with van der Waals surface area (Å²) < 4.78 is 0. The van der Waals surface area contributed by atoms with Gasteiger partial charge in [-0.3, -0.25) is 4.79 Å². The first-order valence-corrected chi connectivity index (χ1v) is 6.56. The van der Waals surface area contributed by atoms with E-state index in [0.29, 0.717) is 5.56 Å². The Labute approximate surface area is 122 Å². The number of aromatic nitrogens is 2. The lowest BCUT2D eigenvalue weighted by atomic mass is 10.0. The average Bonchev–Trinajstić information content (AvgIpc) is 2.56. The Bertz CT molecular complexity index is 742. The molecule has 1 amide bonds. The first kappa shape index (κ1) is 13.0. The smallest absolute Gasteiger partial charge is 0.256 e. The number of nitrogens with one attached hydrogen (secondary N) is 1. The van der Waals surface area contributed by atoms with E-state index in [4.69, 9.17) is 0 Å². The fourth-order valence-corrected chi connectivity index (χ4v) is 2.07. The van der Waals surface area contributed by atoms with E-state index < -0.39 is 0 Å². The van der Waals surface area contributed by atoms with Gasteiger partial charge in [-0.2, -0.15) is 0 Å². The predicted molar refractivity (Wildman–Crippen MR) is 81.9 cm³/mol. The Morgan fingerprint density at radius 2 is 1.67 bits per heavy atom. The third-order valence-corrected chi connectivity index (χ3v) is 3.06. The number of amides is 1. The van der Waals surface area contributed by atoms with Crippen molar-refractivity contribution < 1.29 is 4.79 Å². The fourth-order valence-electron chi connectivity index (χ4n) is 2.07. The van der Waals surface area contributed by atoms with Crippen molar-refractivity contribution in [2.24, 2.45) is 0 Å². The van der Waals surface area contributed by atoms with Crippen molar-refractivity contribution in [1.82, 2.24) is 9.97 Å². The van der Waals surface area contributed by atoms with E-state index in [1.54, 1.807) is 18.3 Å². The van der Waals surface area contributed by atoms with Gasteiger partial charge in [0.1, 0.15) is 6.33 Å². The third kappa shape index (κ3) is 2.95. The zero-order valence-electron chi connectivity index (χ0n) is 11.2. The van der Waals surface area contributed by atoms with Gasteiger partial charge >= 0.3 is 0 Å². The summed E-state index contributed by atoms with van der Waals surface area (Å²) in [7, 11) is 0. The number of hydrogen-bond donors (Lipinski definition) is 1. The van der Waals surface area contributed by atoms with Crippen LogP contribution in [0.15, 0.2) is 73.2 Å². The lowest BCUT2D eigenvalue weighted by Crippen LogP contribution is -2.13. The molecule has 21 heavy (non-hydrogen) atoms. The molecule has 0 radical (unpaired) electrons. The molecule has 0 atom stereocenters. The van der Waals surface area contributed by atoms with Crippen molar-refractivity contribution in [3.05, 3.63) is 78.8 Å². The highest BCUT2D eigenvalue weighted by molar-refractivity contribution is 6.08. The number of nitrogens with zero attached hydrogens (tertiary/aromatic N) is 2. The molecule has 0 saturated heterocycles. The van der Waals surface area contributed by atoms with Gasteiger partial charge in [0, 0.05) is 23.0 Å². The summed E-state index contributed by atoms with van der Waals surface area (Å²) in [5.41, 5.74) is 2.86. The fraction of sp³-hybridized carbons (Fsp3) is 0. The SMILES string of the molecule is O=C(Nc1ccccc1)c1ccccc1-c1ccncn1. The molecule has 0 aliphatic heterocycles. The highest BCUT2D eigenvalue weighted by atomic mass is 16.1. The second-order valence-electron chi connectivity index (χ2n) is 4.46. The van der Waals surface area contributed by atoms with Crippen molar-refractivity contribution >= 4 is 11.6 Å². The summed E-state index contributed by atoms with van der Waals surface area (Å²) in [4.78, 5) is 20.6. The molecule has 4 heteroatoms. The Kier molecular flexibility index (Phi) is 3.69. The molecule has 0 aliphatic carbocycles. The topological polar surface area (TPSA) is 54.9 Å². The van der Waals surface area contributed by atoms with Crippen molar-refractivity contribution in [2.75, 3.05) is 5.32 Å². The summed E-state index contributed by atoms with van der Waals surface area (Å²) in [5.74, 6) is -0.157. The lowest BCUT2D eigenvalue weighted by molar-refractivity contribution is 0.102. The maximum atomic E-state index is 12.5. The van der Waals surface area contributed by atoms with Gasteiger partial charge in [0.15, 0.2) is 0 Å². The first-order valence-electron chi connectivity index (χ1n) is 6.56. The Hall–Kier alpha value is -3.01. The Morgan fingerprint density at radius 3 is 2.43 bits per heavy atom. The number of carbonyl (C=O) groups is 1. The molecule has 1 N–H and O–H groups in total. The van der Waals surface area contributed by atoms with Crippen LogP contribution < -0.4 is 5.32 Å². The van der Waals surface area contributed by atoms with Crippen LogP contribution in [0, 0.1) is 0 Å². The van der Waals surface area contributed by atoms with Gasteiger partial charge < -0.3 is 5.32 Å². The van der Waals surface area contributed by atoms with Crippen molar-refractivity contribution in [2.45, 2.75) is 0 Å². The van der Waals surface area contributed by atoms with Gasteiger partial charge in [0.05, 0.1) is 5.69 Å². The second-order valence-corrected chi connectivity index (χ2v) is 4.46. The molecule has 2 aromatic carbocycles. The van der Waals surface area contributed by atoms with Crippen LogP contribution >= 0.6 is 0 Å². The van der Waals surface area contributed by atoms with E-state index in [0.717, 1.165) is 16.9 Å². The minimum atomic E-state index is -0.157. The highest BCUT2D eigenvalue weighted by Crippen LogP contribution is 2.22. The van der Waals surface area contributed by atoms with Crippen molar-refractivity contribution in [3.63, 3.8) is 0 Å². The summed E-state index contributed by atoms with van der Waals surface area (Å²) in [6.07, 6.45) is 3.13. The van der Waals surface area contributed by atoms with Gasteiger partial charge in [0.2, 0.25) is 0 Å². The zero-order chi connectivity index (χ0) is 14.5. The normalized spacial score (nSPS) is 10.1. The van der Waals surface area contributed by atoms with Crippen LogP contribution in [0.25, 0.3) is 11.3 Å². The number of carbonyl (C=O) groups excluding carboxylic acids is 1. The van der Waals surface area contributed by atoms with E-state index in [2.05, 4.69) is 15.3 Å². The molecule has 102 valence electrons. The second kappa shape index (κ2) is 5.96. The van der Waals surface area contributed by atoms with Crippen LogP contribution in [0.4, 0.5) is 5.69 Å². The summed E-state index contributed by atoms with van der Waals surface area (Å²) in [6, 6.07) is 18.5. The largest absolute Gasteiger partial charge is 0.322 e. The maximum Gasteiger partial charge on any atom is 0.256 e. The molecule has 4 nitrogen and oxygen atoms in total. The number of para-hydroxylation sites is 1. The molecule has 3 rings (SSSR count). The zero-order valence-corrected chi connectivity index (χ0v) is 11.2. The number of benzene rings is 2. The van der Waals surface area contributed by atoms with Crippen LogP contribution in [0.5, 0.6) is 0 Å². The van der Waals surface area contributed by atoms with E-state index in [-0.39, 0.29) is 5.91 Å². The lowest BCUT2D eigenvalue weighted by Gasteiger charge is -2.09. The predicted octanol–water partition coefficient (Wildman–Crippen LogP) is 3.40. The number of rotatable bonds is 3. The molecule has 0 aliphatic rings. The molecule has 0 spiro atoms. The van der Waals surface area contributed by atoms with Gasteiger partial charge in [-0.15, -0.1) is 0 Å². The molecule has 0 fully saturated rings. The first-order chi connectivity index (χ1) is 10.3. The van der Waals surface area contributed by atoms with Gasteiger partial charge in [-0.1, -0.05) is 36.4 Å². The maximum absolute atomic E-state index is 12.5. The van der Waals surface area contributed by atoms with Crippen LogP contribution in [0.1, 0.15) is 10.4 Å². The standard InChI is InChI=1S/C17H13N3O/c21-17(20-13-6-2-1-3-7-13)15-9-5-4-8-14(15)16-10-11-18-12-19-16/h1-12H,(H,20,21). The molecule has 1 aromatic heterocycles. The van der Waals surface area contributed by atoms with E-state index >= 15 is 0 Å². The number of hydrogen-bond acceptors (Lipinski definition) is 3. The molecule has 1 heterocycles. The minimum absolute atomic E-state index is 0.157. The molecule has 0 saturated carbocycles. The number of anilines is 1. The van der Waals surface area contributed by atoms with Gasteiger partial charge in [-0.25, -0.2) is 9.97 Å². The van der Waals surface area contributed by atoms with Crippen LogP contribution in [0.3, 0.4) is 0 Å². The molecule has 3 aromatic rings. The molecular formula is C17H13N3O. The van der Waals surface area contributed by atoms with E-state index in [1.165, 1.54) is 6.33 Å². The summed E-state index contributed by atoms with van der Waals surface area (Å²) in [6.45, 7) is 0. The van der Waals surface area contributed by atoms with E-state index in [1.807, 2.05) is 48.5 Å². The summed E-state index contributed by atoms with van der Waals surface area (Å²) in [5, 5.41) is 2.89. The Morgan fingerprint density at radius 1 is 0.905 bits per heavy atom. The monoisotopic (exact) mass is 275 g/mol. The van der Waals surface area contributed by atoms with Crippen LogP contribution in [-0.2, 0) is 0 Å². The highest BCUT2D eigenvalue weighted by Gasteiger charge is 2.13. The molecule has 0 bridgehead atoms. The van der Waals surface area contributed by atoms with E-state index in [9.17, 15) is 4.79 Å². The van der Waals surface area contributed by atoms with Crippen molar-refractivity contribution in [1.29, 1.82) is 0 Å². The third-order valence-electron chi connectivity index (χ3n) is 3.06. The van der Waals surface area contributed by atoms with Crippen molar-refractivity contribution in [3.8, 4) is 11.3 Å². The Balaban J connectivity index is 1.94.